The number of hydrogen-bond acceptors (Lipinski definition) is 2. The summed E-state index contributed by atoms with van der Waals surface area (Å²) in [7, 11) is 0. The minimum atomic E-state index is -0.400. The summed E-state index contributed by atoms with van der Waals surface area (Å²) < 4.78 is 0. The monoisotopic (exact) mass is 210 g/mol. The van der Waals surface area contributed by atoms with E-state index in [2.05, 4.69) is 6.58 Å². The molecule has 1 atom stereocenters. The van der Waals surface area contributed by atoms with E-state index in [1.807, 2.05) is 11.8 Å². The highest BCUT2D eigenvalue weighted by atomic mass is 16.2. The van der Waals surface area contributed by atoms with Gasteiger partial charge in [0.1, 0.15) is 0 Å². The van der Waals surface area contributed by atoms with Crippen LogP contribution < -0.4 is 5.73 Å². The minimum Gasteiger partial charge on any atom is -0.341 e. The number of rotatable bonds is 6. The Hall–Kier alpha value is -0.830. The molecule has 1 saturated carbocycles. The molecule has 3 nitrogen and oxygen atoms in total. The zero-order valence-corrected chi connectivity index (χ0v) is 9.61. The van der Waals surface area contributed by atoms with Gasteiger partial charge in [-0.15, -0.1) is 6.58 Å². The standard InChI is InChI=1S/C12H22N2O/c1-3-6-11(13)12(15)14(4-2)9-10-7-5-8-10/h3,10-11H,1,4-9,13H2,2H3. The Kier molecular flexibility index (Phi) is 4.82. The highest BCUT2D eigenvalue weighted by Gasteiger charge is 2.24. The number of carbonyl (C=O) groups is 1. The second-order valence-corrected chi connectivity index (χ2v) is 4.30. The van der Waals surface area contributed by atoms with Crippen LogP contribution in [0.4, 0.5) is 0 Å². The smallest absolute Gasteiger partial charge is 0.239 e. The quantitative estimate of drug-likeness (QED) is 0.676. The van der Waals surface area contributed by atoms with Crippen LogP contribution >= 0.6 is 0 Å². The molecular weight excluding hydrogens is 188 g/mol. The van der Waals surface area contributed by atoms with Crippen molar-refractivity contribution in [3.63, 3.8) is 0 Å². The topological polar surface area (TPSA) is 46.3 Å². The first-order chi connectivity index (χ1) is 7.19. The molecule has 1 rings (SSSR count). The minimum absolute atomic E-state index is 0.0734. The van der Waals surface area contributed by atoms with Crippen molar-refractivity contribution in [3.8, 4) is 0 Å². The van der Waals surface area contributed by atoms with Crippen LogP contribution in [-0.2, 0) is 4.79 Å². The largest absolute Gasteiger partial charge is 0.341 e. The van der Waals surface area contributed by atoms with Crippen LogP contribution in [0, 0.1) is 5.92 Å². The van der Waals surface area contributed by atoms with Gasteiger partial charge in [0, 0.05) is 13.1 Å². The molecule has 1 amide bonds. The van der Waals surface area contributed by atoms with Crippen LogP contribution in [0.2, 0.25) is 0 Å². The van der Waals surface area contributed by atoms with E-state index in [1.54, 1.807) is 6.08 Å². The van der Waals surface area contributed by atoms with Crippen LogP contribution in [0.15, 0.2) is 12.7 Å². The van der Waals surface area contributed by atoms with Crippen molar-refractivity contribution in [2.75, 3.05) is 13.1 Å². The number of carbonyl (C=O) groups excluding carboxylic acids is 1. The van der Waals surface area contributed by atoms with Crippen molar-refractivity contribution in [2.45, 2.75) is 38.6 Å². The van der Waals surface area contributed by atoms with E-state index in [4.69, 9.17) is 5.73 Å². The third-order valence-corrected chi connectivity index (χ3v) is 3.13. The summed E-state index contributed by atoms with van der Waals surface area (Å²) in [6.45, 7) is 7.27. The molecule has 0 aromatic carbocycles. The normalized spacial score (nSPS) is 18.0. The average molecular weight is 210 g/mol. The molecule has 0 spiro atoms. The predicted molar refractivity (Wildman–Crippen MR) is 62.4 cm³/mol. The third kappa shape index (κ3) is 3.34. The van der Waals surface area contributed by atoms with E-state index in [9.17, 15) is 4.79 Å². The van der Waals surface area contributed by atoms with Gasteiger partial charge in [0.25, 0.3) is 0 Å². The molecule has 0 aliphatic heterocycles. The summed E-state index contributed by atoms with van der Waals surface area (Å²) in [6.07, 6.45) is 6.12. The maximum Gasteiger partial charge on any atom is 0.239 e. The zero-order chi connectivity index (χ0) is 11.3. The second kappa shape index (κ2) is 5.91. The molecule has 1 fully saturated rings. The van der Waals surface area contributed by atoms with Gasteiger partial charge in [-0.1, -0.05) is 12.5 Å². The van der Waals surface area contributed by atoms with Gasteiger partial charge >= 0.3 is 0 Å². The lowest BCUT2D eigenvalue weighted by Crippen LogP contribution is -2.46. The van der Waals surface area contributed by atoms with Gasteiger partial charge in [0.2, 0.25) is 5.91 Å². The fourth-order valence-electron chi connectivity index (χ4n) is 1.88. The number of nitrogens with zero attached hydrogens (tertiary/aromatic N) is 1. The third-order valence-electron chi connectivity index (χ3n) is 3.13. The molecule has 0 radical (unpaired) electrons. The van der Waals surface area contributed by atoms with E-state index in [-0.39, 0.29) is 5.91 Å². The van der Waals surface area contributed by atoms with Gasteiger partial charge in [-0.3, -0.25) is 4.79 Å². The van der Waals surface area contributed by atoms with E-state index in [0.717, 1.165) is 13.1 Å². The first kappa shape index (κ1) is 12.2. The van der Waals surface area contributed by atoms with Gasteiger partial charge in [-0.25, -0.2) is 0 Å². The molecule has 0 bridgehead atoms. The van der Waals surface area contributed by atoms with Gasteiger partial charge in [0.05, 0.1) is 6.04 Å². The van der Waals surface area contributed by atoms with Crippen molar-refractivity contribution < 1.29 is 4.79 Å². The molecule has 0 aromatic rings. The molecule has 3 heteroatoms. The van der Waals surface area contributed by atoms with Crippen LogP contribution in [-0.4, -0.2) is 29.9 Å². The molecule has 15 heavy (non-hydrogen) atoms. The van der Waals surface area contributed by atoms with Crippen LogP contribution in [0.5, 0.6) is 0 Å². The highest BCUT2D eigenvalue weighted by Crippen LogP contribution is 2.27. The summed E-state index contributed by atoms with van der Waals surface area (Å²) >= 11 is 0. The fraction of sp³-hybridized carbons (Fsp3) is 0.750. The Morgan fingerprint density at radius 3 is 2.73 bits per heavy atom. The Balaban J connectivity index is 2.40. The van der Waals surface area contributed by atoms with Gasteiger partial charge in [-0.2, -0.15) is 0 Å². The SMILES string of the molecule is C=CCC(N)C(=O)N(CC)CC1CCC1. The lowest BCUT2D eigenvalue weighted by atomic mass is 9.85. The van der Waals surface area contributed by atoms with Crippen molar-refractivity contribution in [1.29, 1.82) is 0 Å². The molecule has 0 heterocycles. The van der Waals surface area contributed by atoms with E-state index in [1.165, 1.54) is 19.3 Å². The first-order valence-electron chi connectivity index (χ1n) is 5.84. The van der Waals surface area contributed by atoms with Crippen LogP contribution in [0.25, 0.3) is 0 Å². The second-order valence-electron chi connectivity index (χ2n) is 4.30. The summed E-state index contributed by atoms with van der Waals surface area (Å²) in [4.78, 5) is 13.8. The van der Waals surface area contributed by atoms with E-state index >= 15 is 0 Å². The maximum atomic E-state index is 11.9. The Morgan fingerprint density at radius 1 is 1.67 bits per heavy atom. The molecule has 0 saturated heterocycles. The van der Waals surface area contributed by atoms with Gasteiger partial charge < -0.3 is 10.6 Å². The fourth-order valence-corrected chi connectivity index (χ4v) is 1.88. The molecule has 1 aliphatic rings. The lowest BCUT2D eigenvalue weighted by molar-refractivity contribution is -0.133. The van der Waals surface area contributed by atoms with Gasteiger partial charge in [0.15, 0.2) is 0 Å². The van der Waals surface area contributed by atoms with Crippen LogP contribution in [0.1, 0.15) is 32.6 Å². The highest BCUT2D eigenvalue weighted by molar-refractivity contribution is 5.81. The van der Waals surface area contributed by atoms with Crippen LogP contribution in [0.3, 0.4) is 0 Å². The van der Waals surface area contributed by atoms with Crippen molar-refractivity contribution in [1.82, 2.24) is 4.90 Å². The molecule has 0 aromatic heterocycles. The van der Waals surface area contributed by atoms with E-state index in [0.29, 0.717) is 12.3 Å². The summed E-state index contributed by atoms with van der Waals surface area (Å²) in [5.74, 6) is 0.786. The summed E-state index contributed by atoms with van der Waals surface area (Å²) in [5.41, 5.74) is 5.78. The molecule has 86 valence electrons. The number of amides is 1. The first-order valence-corrected chi connectivity index (χ1v) is 5.84. The predicted octanol–water partition coefficient (Wildman–Crippen LogP) is 1.54. The van der Waals surface area contributed by atoms with E-state index < -0.39 is 6.04 Å². The molecular formula is C12H22N2O. The average Bonchev–Trinajstić information content (AvgIpc) is 2.16. The van der Waals surface area contributed by atoms with Crippen molar-refractivity contribution in [2.24, 2.45) is 11.7 Å². The lowest BCUT2D eigenvalue weighted by Gasteiger charge is -2.33. The number of hydrogen-bond donors (Lipinski definition) is 1. The maximum absolute atomic E-state index is 11.9. The number of likely N-dealkylation sites (N-methyl/N-ethyl adjacent to an activating group) is 1. The molecule has 1 aliphatic carbocycles. The van der Waals surface area contributed by atoms with Crippen molar-refractivity contribution in [3.05, 3.63) is 12.7 Å². The zero-order valence-electron chi connectivity index (χ0n) is 9.61. The summed E-state index contributed by atoms with van der Waals surface area (Å²) in [6, 6.07) is -0.400. The summed E-state index contributed by atoms with van der Waals surface area (Å²) in [5, 5.41) is 0. The Morgan fingerprint density at radius 2 is 2.33 bits per heavy atom. The van der Waals surface area contributed by atoms with Crippen molar-refractivity contribution >= 4 is 5.91 Å². The molecule has 1 unspecified atom stereocenters. The Labute approximate surface area is 92.3 Å². The van der Waals surface area contributed by atoms with Gasteiger partial charge in [-0.05, 0) is 32.1 Å². The number of nitrogens with two attached hydrogens (primary N) is 1. The molecule has 2 N–H and O–H groups in total. The Bertz CT molecular complexity index is 224.